The van der Waals surface area contributed by atoms with Crippen molar-refractivity contribution in [1.82, 2.24) is 10.2 Å². The number of piperazine rings is 1. The van der Waals surface area contributed by atoms with Crippen LogP contribution in [0.25, 0.3) is 21.2 Å². The minimum absolute atomic E-state index is 0.0689. The van der Waals surface area contributed by atoms with Crippen LogP contribution in [0.3, 0.4) is 0 Å². The molecular formula is C21H21ClFN3OS. The van der Waals surface area contributed by atoms with Crippen molar-refractivity contribution in [1.29, 1.82) is 0 Å². The Morgan fingerprint density at radius 1 is 1.18 bits per heavy atom. The van der Waals surface area contributed by atoms with E-state index in [-0.39, 0.29) is 10.9 Å². The molecule has 4 rings (SSSR count). The van der Waals surface area contributed by atoms with Gasteiger partial charge in [0.1, 0.15) is 0 Å². The molecule has 1 saturated heterocycles. The second-order valence-corrected chi connectivity index (χ2v) is 8.52. The van der Waals surface area contributed by atoms with Gasteiger partial charge in [0.2, 0.25) is 0 Å². The Bertz CT molecular complexity index is 1030. The lowest BCUT2D eigenvalue weighted by Gasteiger charge is -2.29. The second kappa shape index (κ2) is 7.70. The Labute approximate surface area is 172 Å². The van der Waals surface area contributed by atoms with Gasteiger partial charge in [0, 0.05) is 51.3 Å². The van der Waals surface area contributed by atoms with Crippen LogP contribution in [0.15, 0.2) is 36.4 Å². The van der Waals surface area contributed by atoms with Gasteiger partial charge in [0.15, 0.2) is 5.82 Å². The lowest BCUT2D eigenvalue weighted by molar-refractivity contribution is 0.0832. The van der Waals surface area contributed by atoms with Gasteiger partial charge in [0.05, 0.1) is 14.6 Å². The van der Waals surface area contributed by atoms with Crippen molar-refractivity contribution in [3.05, 3.63) is 52.1 Å². The third-order valence-electron chi connectivity index (χ3n) is 4.98. The van der Waals surface area contributed by atoms with Crippen molar-refractivity contribution in [2.45, 2.75) is 0 Å². The highest BCUT2D eigenvalue weighted by Gasteiger charge is 2.20. The molecule has 1 aromatic heterocycles. The topological polar surface area (TPSA) is 35.6 Å². The summed E-state index contributed by atoms with van der Waals surface area (Å²) < 4.78 is 15.0. The minimum Gasteiger partial charge on any atom is -0.369 e. The molecule has 0 atom stereocenters. The third-order valence-corrected chi connectivity index (χ3v) is 6.37. The Hall–Kier alpha value is -2.15. The molecule has 0 spiro atoms. The maximum absolute atomic E-state index is 14.6. The monoisotopic (exact) mass is 417 g/mol. The first-order valence-corrected chi connectivity index (χ1v) is 10.3. The van der Waals surface area contributed by atoms with Gasteiger partial charge in [-0.3, -0.25) is 4.79 Å². The number of hydrogen-bond donors (Lipinski definition) is 1. The molecule has 1 fully saturated rings. The van der Waals surface area contributed by atoms with E-state index >= 15 is 0 Å². The van der Waals surface area contributed by atoms with E-state index in [0.29, 0.717) is 15.0 Å². The molecule has 1 N–H and O–H groups in total. The standard InChI is InChI=1S/C21H21ClFN3OS/c1-25(2)21(27)18-12-16-15(11-17(22)19(23)20(16)28-18)13-3-5-14(6-4-13)26-9-7-24-8-10-26/h3-6,11-12,24H,7-10H2,1-2H3. The van der Waals surface area contributed by atoms with Crippen LogP contribution in [-0.4, -0.2) is 51.1 Å². The number of rotatable bonds is 3. The largest absolute Gasteiger partial charge is 0.369 e. The summed E-state index contributed by atoms with van der Waals surface area (Å²) in [5.74, 6) is -0.614. The van der Waals surface area contributed by atoms with Gasteiger partial charge in [-0.15, -0.1) is 11.3 Å². The van der Waals surface area contributed by atoms with Gasteiger partial charge < -0.3 is 15.1 Å². The summed E-state index contributed by atoms with van der Waals surface area (Å²) in [5.41, 5.74) is 2.96. The molecule has 28 heavy (non-hydrogen) atoms. The summed E-state index contributed by atoms with van der Waals surface area (Å²) in [6, 6.07) is 11.7. The molecule has 7 heteroatoms. The van der Waals surface area contributed by atoms with E-state index in [2.05, 4.69) is 22.3 Å². The summed E-state index contributed by atoms with van der Waals surface area (Å²) in [7, 11) is 3.37. The number of carbonyl (C=O) groups is 1. The Morgan fingerprint density at radius 3 is 2.50 bits per heavy atom. The Balaban J connectivity index is 1.77. The van der Waals surface area contributed by atoms with Crippen LogP contribution in [0.1, 0.15) is 9.67 Å². The molecule has 0 bridgehead atoms. The average molecular weight is 418 g/mol. The number of hydrogen-bond acceptors (Lipinski definition) is 4. The van der Waals surface area contributed by atoms with Gasteiger partial charge >= 0.3 is 0 Å². The van der Waals surface area contributed by atoms with Crippen LogP contribution in [0.5, 0.6) is 0 Å². The van der Waals surface area contributed by atoms with E-state index in [0.717, 1.165) is 48.6 Å². The highest BCUT2D eigenvalue weighted by molar-refractivity contribution is 7.21. The molecule has 0 unspecified atom stereocenters. The summed E-state index contributed by atoms with van der Waals surface area (Å²) in [4.78, 5) is 16.7. The first kappa shape index (κ1) is 19.2. The molecule has 0 aliphatic carbocycles. The highest BCUT2D eigenvalue weighted by atomic mass is 35.5. The molecule has 4 nitrogen and oxygen atoms in total. The van der Waals surface area contributed by atoms with E-state index in [1.165, 1.54) is 10.6 Å². The van der Waals surface area contributed by atoms with Gasteiger partial charge in [-0.2, -0.15) is 0 Å². The lowest BCUT2D eigenvalue weighted by atomic mass is 10.0. The zero-order valence-corrected chi connectivity index (χ0v) is 17.3. The number of nitrogens with one attached hydrogen (secondary N) is 1. The Kier molecular flexibility index (Phi) is 5.27. The fraction of sp³-hybridized carbons (Fsp3) is 0.286. The quantitative estimate of drug-likeness (QED) is 0.682. The van der Waals surface area contributed by atoms with E-state index in [9.17, 15) is 9.18 Å². The van der Waals surface area contributed by atoms with Crippen molar-refractivity contribution in [2.75, 3.05) is 45.2 Å². The second-order valence-electron chi connectivity index (χ2n) is 7.06. The number of fused-ring (bicyclic) bond motifs is 1. The molecular weight excluding hydrogens is 397 g/mol. The van der Waals surface area contributed by atoms with Crippen LogP contribution in [-0.2, 0) is 0 Å². The SMILES string of the molecule is CN(C)C(=O)c1cc2c(-c3ccc(N4CCNCC4)cc3)cc(Cl)c(F)c2s1. The summed E-state index contributed by atoms with van der Waals surface area (Å²) in [6.45, 7) is 3.92. The fourth-order valence-corrected chi connectivity index (χ4v) is 4.87. The third kappa shape index (κ3) is 3.48. The van der Waals surface area contributed by atoms with Gasteiger partial charge in [-0.25, -0.2) is 4.39 Å². The van der Waals surface area contributed by atoms with Crippen LogP contribution in [0.4, 0.5) is 10.1 Å². The first-order valence-electron chi connectivity index (χ1n) is 9.15. The molecule has 2 aromatic carbocycles. The molecule has 0 saturated carbocycles. The molecule has 1 aliphatic rings. The lowest BCUT2D eigenvalue weighted by Crippen LogP contribution is -2.43. The summed E-state index contributed by atoms with van der Waals surface area (Å²) >= 11 is 7.31. The molecule has 1 amide bonds. The van der Waals surface area contributed by atoms with Crippen molar-refractivity contribution in [3.8, 4) is 11.1 Å². The summed E-state index contributed by atoms with van der Waals surface area (Å²) in [6.07, 6.45) is 0. The number of halogens is 2. The molecule has 3 aromatic rings. The van der Waals surface area contributed by atoms with E-state index in [1.807, 2.05) is 12.1 Å². The van der Waals surface area contributed by atoms with E-state index < -0.39 is 5.82 Å². The highest BCUT2D eigenvalue weighted by Crippen LogP contribution is 2.40. The van der Waals surface area contributed by atoms with Gasteiger partial charge in [-0.05, 0) is 35.4 Å². The predicted molar refractivity (Wildman–Crippen MR) is 115 cm³/mol. The maximum atomic E-state index is 14.6. The van der Waals surface area contributed by atoms with Crippen molar-refractivity contribution >= 4 is 44.6 Å². The number of thiophene rings is 1. The van der Waals surface area contributed by atoms with E-state index in [1.54, 1.807) is 26.2 Å². The Morgan fingerprint density at radius 2 is 1.86 bits per heavy atom. The zero-order chi connectivity index (χ0) is 19.8. The number of carbonyl (C=O) groups excluding carboxylic acids is 1. The minimum atomic E-state index is -0.472. The van der Waals surface area contributed by atoms with Crippen LogP contribution in [0.2, 0.25) is 5.02 Å². The van der Waals surface area contributed by atoms with Crippen molar-refractivity contribution in [3.63, 3.8) is 0 Å². The normalized spacial score (nSPS) is 14.5. The molecule has 146 valence electrons. The molecule has 2 heterocycles. The van der Waals surface area contributed by atoms with Crippen LogP contribution >= 0.6 is 22.9 Å². The number of nitrogens with zero attached hydrogens (tertiary/aromatic N) is 2. The van der Waals surface area contributed by atoms with Crippen molar-refractivity contribution < 1.29 is 9.18 Å². The number of anilines is 1. The maximum Gasteiger partial charge on any atom is 0.263 e. The molecule has 0 radical (unpaired) electrons. The molecule has 1 aliphatic heterocycles. The smallest absolute Gasteiger partial charge is 0.263 e. The number of amides is 1. The number of benzene rings is 2. The van der Waals surface area contributed by atoms with Crippen molar-refractivity contribution in [2.24, 2.45) is 0 Å². The van der Waals surface area contributed by atoms with Crippen LogP contribution < -0.4 is 10.2 Å². The average Bonchev–Trinajstić information content (AvgIpc) is 3.16. The van der Waals surface area contributed by atoms with Gasteiger partial charge in [-0.1, -0.05) is 23.7 Å². The first-order chi connectivity index (χ1) is 13.5. The van der Waals surface area contributed by atoms with Crippen LogP contribution in [0, 0.1) is 5.82 Å². The summed E-state index contributed by atoms with van der Waals surface area (Å²) in [5, 5.41) is 4.13. The zero-order valence-electron chi connectivity index (χ0n) is 15.8. The van der Waals surface area contributed by atoms with E-state index in [4.69, 9.17) is 11.6 Å². The van der Waals surface area contributed by atoms with Gasteiger partial charge in [0.25, 0.3) is 5.91 Å². The fourth-order valence-electron chi connectivity index (χ4n) is 3.47. The predicted octanol–water partition coefficient (Wildman–Crippen LogP) is 4.47.